The number of halogens is 2. The Morgan fingerprint density at radius 2 is 2.03 bits per heavy atom. The minimum atomic E-state index is -0.714. The number of rotatable bonds is 7. The van der Waals surface area contributed by atoms with Crippen LogP contribution in [-0.4, -0.2) is 68.4 Å². The molecule has 2 fully saturated rings. The number of carbonyl (C=O) groups is 1. The number of aromatic nitrogens is 4. The number of nitrogens with zero attached hydrogens (tertiary/aromatic N) is 6. The van der Waals surface area contributed by atoms with Crippen molar-refractivity contribution in [2.45, 2.75) is 52.5 Å². The first-order chi connectivity index (χ1) is 18.2. The molecule has 2 aromatic heterocycles. The lowest BCUT2D eigenvalue weighted by Gasteiger charge is -2.44. The van der Waals surface area contributed by atoms with E-state index in [1.54, 1.807) is 6.07 Å². The Kier molecular flexibility index (Phi) is 8.12. The van der Waals surface area contributed by atoms with Gasteiger partial charge in [-0.15, -0.1) is 0 Å². The molecule has 0 aliphatic carbocycles. The number of anilines is 1. The highest BCUT2D eigenvalue weighted by Crippen LogP contribution is 2.37. The molecule has 8 nitrogen and oxygen atoms in total. The Balaban J connectivity index is 1.32. The molecule has 204 valence electrons. The van der Waals surface area contributed by atoms with E-state index in [1.165, 1.54) is 6.42 Å². The number of piperidine rings is 2. The largest absolute Gasteiger partial charge is 0.481 e. The Morgan fingerprint density at radius 1 is 1.21 bits per heavy atom. The molecular weight excluding hydrogens is 523 g/mol. The van der Waals surface area contributed by atoms with E-state index in [0.717, 1.165) is 67.3 Å². The first-order valence-electron chi connectivity index (χ1n) is 13.6. The van der Waals surface area contributed by atoms with Crippen molar-refractivity contribution in [3.63, 3.8) is 0 Å². The van der Waals surface area contributed by atoms with Gasteiger partial charge in [0.1, 0.15) is 11.3 Å². The Morgan fingerprint density at radius 3 is 2.76 bits per heavy atom. The first-order valence-corrected chi connectivity index (χ1v) is 14.3. The number of likely N-dealkylation sites (tertiary alicyclic amines) is 1. The number of hydrogen-bond acceptors (Lipinski definition) is 6. The second kappa shape index (κ2) is 11.4. The number of aryl methyl sites for hydroxylation is 1. The van der Waals surface area contributed by atoms with Crippen molar-refractivity contribution in [3.8, 4) is 0 Å². The Labute approximate surface area is 233 Å². The van der Waals surface area contributed by atoms with Crippen molar-refractivity contribution in [1.29, 1.82) is 0 Å². The fourth-order valence-corrected chi connectivity index (χ4v) is 6.97. The summed E-state index contributed by atoms with van der Waals surface area (Å²) in [6, 6.07) is 5.42. The van der Waals surface area contributed by atoms with Gasteiger partial charge in [-0.3, -0.25) is 4.79 Å². The molecule has 38 heavy (non-hydrogen) atoms. The molecule has 1 aromatic carbocycles. The SMILES string of the molecule is Cc1nn([C@H](C)c2ccc(Cl)cc2Cl)c2nc(N3CCC(C4CCCN(CCC(=O)O)C4)C(C)C3)cnc12. The van der Waals surface area contributed by atoms with E-state index >= 15 is 0 Å². The molecule has 0 radical (unpaired) electrons. The van der Waals surface area contributed by atoms with Gasteiger partial charge in [0.05, 0.1) is 24.4 Å². The van der Waals surface area contributed by atoms with Crippen LogP contribution in [0.5, 0.6) is 0 Å². The van der Waals surface area contributed by atoms with Gasteiger partial charge in [0.25, 0.3) is 0 Å². The zero-order valence-corrected chi connectivity index (χ0v) is 23.8. The van der Waals surface area contributed by atoms with E-state index in [2.05, 4.69) is 23.6 Å². The standard InChI is InChI=1S/C28H36Cl2N6O2/c1-17-15-35(12-8-22(17)20-5-4-10-34(16-20)11-9-26(37)38)25-14-31-27-18(2)33-36(28(27)32-25)19(3)23-7-6-21(29)13-24(23)30/h6-7,13-14,17,19-20,22H,4-5,8-12,15-16H2,1-3H3,(H,37,38)/t17?,19-,20?,22?/m1/s1. The molecule has 4 heterocycles. The topological polar surface area (TPSA) is 87.4 Å². The second-order valence-corrected chi connectivity index (χ2v) is 11.8. The van der Waals surface area contributed by atoms with Crippen LogP contribution in [0, 0.1) is 24.7 Å². The van der Waals surface area contributed by atoms with E-state index in [0.29, 0.717) is 34.3 Å². The lowest BCUT2D eigenvalue weighted by Crippen LogP contribution is -2.47. The number of hydrogen-bond donors (Lipinski definition) is 1. The van der Waals surface area contributed by atoms with E-state index in [1.807, 2.05) is 29.9 Å². The summed E-state index contributed by atoms with van der Waals surface area (Å²) in [5.41, 5.74) is 3.34. The van der Waals surface area contributed by atoms with Gasteiger partial charge in [-0.2, -0.15) is 5.10 Å². The van der Waals surface area contributed by atoms with Gasteiger partial charge in [0.2, 0.25) is 0 Å². The first kappa shape index (κ1) is 27.2. The van der Waals surface area contributed by atoms with E-state index in [4.69, 9.17) is 43.4 Å². The van der Waals surface area contributed by atoms with Crippen LogP contribution in [0.2, 0.25) is 10.0 Å². The van der Waals surface area contributed by atoms with Gasteiger partial charge in [-0.05, 0) is 75.1 Å². The highest BCUT2D eigenvalue weighted by molar-refractivity contribution is 6.35. The predicted molar refractivity (Wildman–Crippen MR) is 151 cm³/mol. The number of aliphatic carboxylic acids is 1. The summed E-state index contributed by atoms with van der Waals surface area (Å²) in [7, 11) is 0. The van der Waals surface area contributed by atoms with Gasteiger partial charge in [-0.1, -0.05) is 36.2 Å². The van der Waals surface area contributed by atoms with Crippen molar-refractivity contribution < 1.29 is 9.90 Å². The third-order valence-electron chi connectivity index (χ3n) is 8.42. The number of carboxylic acid groups (broad SMARTS) is 1. The van der Waals surface area contributed by atoms with Crippen LogP contribution in [-0.2, 0) is 4.79 Å². The third kappa shape index (κ3) is 5.63. The molecule has 5 rings (SSSR count). The average Bonchev–Trinajstić information content (AvgIpc) is 3.23. The van der Waals surface area contributed by atoms with Crippen molar-refractivity contribution in [2.24, 2.45) is 17.8 Å². The molecule has 0 bridgehead atoms. The third-order valence-corrected chi connectivity index (χ3v) is 8.99. The zero-order chi connectivity index (χ0) is 27.0. The van der Waals surface area contributed by atoms with Crippen LogP contribution < -0.4 is 4.90 Å². The van der Waals surface area contributed by atoms with Crippen LogP contribution in [0.25, 0.3) is 11.2 Å². The lowest BCUT2D eigenvalue weighted by molar-refractivity contribution is -0.137. The molecule has 1 N–H and O–H groups in total. The molecule has 4 atom stereocenters. The van der Waals surface area contributed by atoms with E-state index in [9.17, 15) is 4.79 Å². The van der Waals surface area contributed by atoms with E-state index in [-0.39, 0.29) is 12.5 Å². The molecule has 2 aliphatic rings. The molecule has 3 aromatic rings. The minimum Gasteiger partial charge on any atom is -0.481 e. The van der Waals surface area contributed by atoms with Gasteiger partial charge >= 0.3 is 5.97 Å². The number of benzene rings is 1. The van der Waals surface area contributed by atoms with Crippen molar-refractivity contribution in [2.75, 3.05) is 37.6 Å². The molecular formula is C28H36Cl2N6O2. The smallest absolute Gasteiger partial charge is 0.304 e. The molecule has 3 unspecified atom stereocenters. The van der Waals surface area contributed by atoms with E-state index < -0.39 is 5.97 Å². The molecule has 0 amide bonds. The predicted octanol–water partition coefficient (Wildman–Crippen LogP) is 5.70. The quantitative estimate of drug-likeness (QED) is 0.397. The number of carboxylic acids is 1. The van der Waals surface area contributed by atoms with Gasteiger partial charge in [0.15, 0.2) is 5.65 Å². The maximum atomic E-state index is 11.0. The Bertz CT molecular complexity index is 1310. The summed E-state index contributed by atoms with van der Waals surface area (Å²) in [6.07, 6.45) is 5.59. The van der Waals surface area contributed by atoms with Crippen LogP contribution in [0.4, 0.5) is 5.82 Å². The monoisotopic (exact) mass is 558 g/mol. The fourth-order valence-electron chi connectivity index (χ4n) is 6.41. The second-order valence-electron chi connectivity index (χ2n) is 11.0. The minimum absolute atomic E-state index is 0.124. The van der Waals surface area contributed by atoms with Crippen molar-refractivity contribution in [3.05, 3.63) is 45.7 Å². The molecule has 2 saturated heterocycles. The van der Waals surface area contributed by atoms with Crippen molar-refractivity contribution >= 4 is 46.2 Å². The Hall–Kier alpha value is -2.42. The molecule has 0 spiro atoms. The summed E-state index contributed by atoms with van der Waals surface area (Å²) in [4.78, 5) is 25.6. The molecule has 2 aliphatic heterocycles. The maximum Gasteiger partial charge on any atom is 0.304 e. The average molecular weight is 560 g/mol. The highest BCUT2D eigenvalue weighted by atomic mass is 35.5. The van der Waals surface area contributed by atoms with Crippen LogP contribution in [0.3, 0.4) is 0 Å². The van der Waals surface area contributed by atoms with Crippen LogP contribution in [0.1, 0.15) is 56.8 Å². The number of fused-ring (bicyclic) bond motifs is 1. The zero-order valence-electron chi connectivity index (χ0n) is 22.3. The molecule has 0 saturated carbocycles. The summed E-state index contributed by atoms with van der Waals surface area (Å²) < 4.78 is 1.92. The molecule has 10 heteroatoms. The summed E-state index contributed by atoms with van der Waals surface area (Å²) in [5.74, 6) is 1.94. The summed E-state index contributed by atoms with van der Waals surface area (Å²) in [6.45, 7) is 10.9. The van der Waals surface area contributed by atoms with Gasteiger partial charge in [0, 0.05) is 36.2 Å². The maximum absolute atomic E-state index is 11.0. The van der Waals surface area contributed by atoms with Gasteiger partial charge < -0.3 is 14.9 Å². The van der Waals surface area contributed by atoms with Crippen LogP contribution >= 0.6 is 23.2 Å². The highest BCUT2D eigenvalue weighted by Gasteiger charge is 2.35. The normalized spacial score (nSPS) is 23.6. The van der Waals surface area contributed by atoms with Gasteiger partial charge in [-0.25, -0.2) is 14.6 Å². The van der Waals surface area contributed by atoms with Crippen LogP contribution in [0.15, 0.2) is 24.4 Å². The summed E-state index contributed by atoms with van der Waals surface area (Å²) in [5, 5.41) is 15.1. The van der Waals surface area contributed by atoms with Crippen molar-refractivity contribution in [1.82, 2.24) is 24.6 Å². The lowest BCUT2D eigenvalue weighted by atomic mass is 9.74. The fraction of sp³-hybridized carbons (Fsp3) is 0.571. The summed E-state index contributed by atoms with van der Waals surface area (Å²) >= 11 is 12.6.